The molecule has 1 aromatic heterocycles. The maximum atomic E-state index is 5.92. The molecule has 1 aromatic rings. The van der Waals surface area contributed by atoms with Gasteiger partial charge in [-0.25, -0.2) is 4.98 Å². The van der Waals surface area contributed by atoms with Crippen molar-refractivity contribution >= 4 is 5.82 Å². The van der Waals surface area contributed by atoms with Crippen LogP contribution in [0.15, 0.2) is 18.3 Å². The molecule has 0 saturated carbocycles. The Morgan fingerprint density at radius 2 is 2.17 bits per heavy atom. The first kappa shape index (κ1) is 14.9. The standard InChI is InChI=1S/C14H25N3O/c1-5-11(2)17(8-9-18-4)14-10-13(12(3)15)6-7-16-14/h6-7,10-12H,5,8-9,15H2,1-4H3. The lowest BCUT2D eigenvalue weighted by atomic mass is 10.1. The van der Waals surface area contributed by atoms with Gasteiger partial charge in [0.05, 0.1) is 6.61 Å². The summed E-state index contributed by atoms with van der Waals surface area (Å²) >= 11 is 0. The highest BCUT2D eigenvalue weighted by molar-refractivity contribution is 5.42. The molecule has 102 valence electrons. The molecule has 0 aliphatic heterocycles. The van der Waals surface area contributed by atoms with Crippen molar-refractivity contribution in [1.82, 2.24) is 4.98 Å². The van der Waals surface area contributed by atoms with Gasteiger partial charge in [-0.2, -0.15) is 0 Å². The zero-order chi connectivity index (χ0) is 13.5. The van der Waals surface area contributed by atoms with Crippen molar-refractivity contribution in [2.24, 2.45) is 5.73 Å². The predicted molar refractivity (Wildman–Crippen MR) is 75.8 cm³/mol. The second-order valence-corrected chi connectivity index (χ2v) is 4.68. The zero-order valence-electron chi connectivity index (χ0n) is 11.9. The fourth-order valence-corrected chi connectivity index (χ4v) is 1.85. The number of hydrogen-bond acceptors (Lipinski definition) is 4. The monoisotopic (exact) mass is 251 g/mol. The third kappa shape index (κ3) is 3.96. The Labute approximate surface area is 110 Å². The van der Waals surface area contributed by atoms with E-state index in [2.05, 4.69) is 29.8 Å². The molecule has 1 rings (SSSR count). The van der Waals surface area contributed by atoms with Crippen LogP contribution in [-0.4, -0.2) is 31.3 Å². The van der Waals surface area contributed by atoms with E-state index in [4.69, 9.17) is 10.5 Å². The summed E-state index contributed by atoms with van der Waals surface area (Å²) in [6, 6.07) is 4.52. The van der Waals surface area contributed by atoms with Crippen molar-refractivity contribution in [3.05, 3.63) is 23.9 Å². The molecule has 2 unspecified atom stereocenters. The topological polar surface area (TPSA) is 51.4 Å². The highest BCUT2D eigenvalue weighted by atomic mass is 16.5. The van der Waals surface area contributed by atoms with E-state index >= 15 is 0 Å². The number of methoxy groups -OCH3 is 1. The van der Waals surface area contributed by atoms with Crippen molar-refractivity contribution in [3.63, 3.8) is 0 Å². The van der Waals surface area contributed by atoms with Gasteiger partial charge in [-0.1, -0.05) is 6.92 Å². The van der Waals surface area contributed by atoms with Crippen molar-refractivity contribution in [3.8, 4) is 0 Å². The van der Waals surface area contributed by atoms with E-state index in [-0.39, 0.29) is 6.04 Å². The normalized spacial score (nSPS) is 14.3. The van der Waals surface area contributed by atoms with E-state index in [1.807, 2.05) is 19.2 Å². The van der Waals surface area contributed by atoms with Gasteiger partial charge in [0.25, 0.3) is 0 Å². The molecular weight excluding hydrogens is 226 g/mol. The second kappa shape index (κ2) is 7.34. The fraction of sp³-hybridized carbons (Fsp3) is 0.643. The van der Waals surface area contributed by atoms with Gasteiger partial charge in [0.15, 0.2) is 0 Å². The van der Waals surface area contributed by atoms with Gasteiger partial charge in [-0.3, -0.25) is 0 Å². The first-order chi connectivity index (χ1) is 8.60. The molecule has 0 aliphatic rings. The van der Waals surface area contributed by atoms with E-state index in [1.165, 1.54) is 0 Å². The van der Waals surface area contributed by atoms with Gasteiger partial charge in [0.1, 0.15) is 5.82 Å². The van der Waals surface area contributed by atoms with Gasteiger partial charge in [0.2, 0.25) is 0 Å². The van der Waals surface area contributed by atoms with Crippen molar-refractivity contribution in [1.29, 1.82) is 0 Å². The summed E-state index contributed by atoms with van der Waals surface area (Å²) in [5.74, 6) is 0.983. The Morgan fingerprint density at radius 1 is 1.44 bits per heavy atom. The van der Waals surface area contributed by atoms with Gasteiger partial charge in [0, 0.05) is 31.9 Å². The summed E-state index contributed by atoms with van der Waals surface area (Å²) < 4.78 is 5.17. The number of anilines is 1. The Hall–Kier alpha value is -1.13. The fourth-order valence-electron chi connectivity index (χ4n) is 1.85. The Kier molecular flexibility index (Phi) is 6.09. The summed E-state index contributed by atoms with van der Waals surface area (Å²) in [4.78, 5) is 6.73. The molecule has 2 atom stereocenters. The molecule has 2 N–H and O–H groups in total. The molecule has 0 fully saturated rings. The van der Waals surface area contributed by atoms with Crippen molar-refractivity contribution in [2.75, 3.05) is 25.2 Å². The minimum absolute atomic E-state index is 0.0351. The van der Waals surface area contributed by atoms with E-state index < -0.39 is 0 Å². The van der Waals surface area contributed by atoms with Crippen LogP contribution in [0.3, 0.4) is 0 Å². The van der Waals surface area contributed by atoms with E-state index in [9.17, 15) is 0 Å². The average molecular weight is 251 g/mol. The van der Waals surface area contributed by atoms with Crippen LogP contribution in [0, 0.1) is 0 Å². The number of rotatable bonds is 7. The Morgan fingerprint density at radius 3 is 2.72 bits per heavy atom. The molecule has 4 nitrogen and oxygen atoms in total. The Balaban J connectivity index is 2.93. The summed E-state index contributed by atoms with van der Waals surface area (Å²) in [5, 5.41) is 0. The highest BCUT2D eigenvalue weighted by Crippen LogP contribution is 2.19. The maximum absolute atomic E-state index is 5.92. The molecule has 0 saturated heterocycles. The second-order valence-electron chi connectivity index (χ2n) is 4.68. The molecule has 18 heavy (non-hydrogen) atoms. The summed E-state index contributed by atoms with van der Waals surface area (Å²) in [6.07, 6.45) is 2.91. The van der Waals surface area contributed by atoms with Gasteiger partial charge in [-0.05, 0) is 38.0 Å². The van der Waals surface area contributed by atoms with Crippen LogP contribution in [0.5, 0.6) is 0 Å². The van der Waals surface area contributed by atoms with Crippen molar-refractivity contribution in [2.45, 2.75) is 39.3 Å². The summed E-state index contributed by atoms with van der Waals surface area (Å²) in [6.45, 7) is 7.92. The first-order valence-electron chi connectivity index (χ1n) is 6.57. The molecule has 0 spiro atoms. The average Bonchev–Trinajstić information content (AvgIpc) is 2.39. The molecule has 1 heterocycles. The molecule has 0 bridgehead atoms. The molecule has 4 heteroatoms. The molecule has 0 radical (unpaired) electrons. The van der Waals surface area contributed by atoms with Crippen LogP contribution in [0.25, 0.3) is 0 Å². The van der Waals surface area contributed by atoms with Gasteiger partial charge >= 0.3 is 0 Å². The quantitative estimate of drug-likeness (QED) is 0.808. The molecule has 0 amide bonds. The third-order valence-corrected chi connectivity index (χ3v) is 3.25. The Bertz CT molecular complexity index is 355. The van der Waals surface area contributed by atoms with Crippen molar-refractivity contribution < 1.29 is 4.74 Å². The SMILES string of the molecule is CCC(C)N(CCOC)c1cc(C(C)N)ccn1. The largest absolute Gasteiger partial charge is 0.383 e. The summed E-state index contributed by atoms with van der Waals surface area (Å²) in [5.41, 5.74) is 7.04. The van der Waals surface area contributed by atoms with Crippen LogP contribution in [0.1, 0.15) is 38.8 Å². The minimum Gasteiger partial charge on any atom is -0.383 e. The van der Waals surface area contributed by atoms with Crippen LogP contribution in [0.4, 0.5) is 5.82 Å². The van der Waals surface area contributed by atoms with E-state index in [0.717, 1.165) is 24.3 Å². The van der Waals surface area contributed by atoms with Crippen LogP contribution >= 0.6 is 0 Å². The number of ether oxygens (including phenoxy) is 1. The number of aromatic nitrogens is 1. The number of hydrogen-bond donors (Lipinski definition) is 1. The van der Waals surface area contributed by atoms with Gasteiger partial charge < -0.3 is 15.4 Å². The maximum Gasteiger partial charge on any atom is 0.129 e. The van der Waals surface area contributed by atoms with Crippen LogP contribution in [-0.2, 0) is 4.74 Å². The lowest BCUT2D eigenvalue weighted by molar-refractivity contribution is 0.203. The van der Waals surface area contributed by atoms with Crippen LogP contribution in [0.2, 0.25) is 0 Å². The van der Waals surface area contributed by atoms with Crippen LogP contribution < -0.4 is 10.6 Å². The summed E-state index contributed by atoms with van der Waals surface area (Å²) in [7, 11) is 1.72. The predicted octanol–water partition coefficient (Wildman–Crippen LogP) is 2.35. The lowest BCUT2D eigenvalue weighted by Gasteiger charge is -2.30. The van der Waals surface area contributed by atoms with E-state index in [1.54, 1.807) is 7.11 Å². The smallest absolute Gasteiger partial charge is 0.129 e. The van der Waals surface area contributed by atoms with E-state index in [0.29, 0.717) is 12.6 Å². The van der Waals surface area contributed by atoms with Gasteiger partial charge in [-0.15, -0.1) is 0 Å². The zero-order valence-corrected chi connectivity index (χ0v) is 11.9. The number of nitrogens with zero attached hydrogens (tertiary/aromatic N) is 2. The number of nitrogens with two attached hydrogens (primary N) is 1. The first-order valence-corrected chi connectivity index (χ1v) is 6.57. The molecule has 0 aromatic carbocycles. The molecule has 0 aliphatic carbocycles. The number of pyridine rings is 1. The highest BCUT2D eigenvalue weighted by Gasteiger charge is 2.14. The molecular formula is C14H25N3O. The minimum atomic E-state index is 0.0351. The third-order valence-electron chi connectivity index (χ3n) is 3.25. The lowest BCUT2D eigenvalue weighted by Crippen LogP contribution is -2.36.